The van der Waals surface area contributed by atoms with Crippen LogP contribution in [0, 0.1) is 25.7 Å². The molecule has 1 aromatic carbocycles. The number of hydrogen-bond acceptors (Lipinski definition) is 4. The zero-order valence-electron chi connectivity index (χ0n) is 11.9. The molecule has 0 aliphatic carbocycles. The largest absolute Gasteiger partial charge is 0.384 e. The van der Waals surface area contributed by atoms with Crippen molar-refractivity contribution in [2.24, 2.45) is 0 Å². The van der Waals surface area contributed by atoms with Gasteiger partial charge in [0.05, 0.1) is 6.54 Å². The van der Waals surface area contributed by atoms with Crippen molar-refractivity contribution in [1.82, 2.24) is 10.3 Å². The molecular formula is C16H16N2O2S. The molecule has 0 radical (unpaired) electrons. The molecule has 4 nitrogen and oxygen atoms in total. The van der Waals surface area contributed by atoms with Gasteiger partial charge in [0.15, 0.2) is 0 Å². The molecule has 2 rings (SSSR count). The molecule has 0 fully saturated rings. The molecule has 0 spiro atoms. The van der Waals surface area contributed by atoms with Crippen molar-refractivity contribution in [3.63, 3.8) is 0 Å². The Balaban J connectivity index is 2.08. The van der Waals surface area contributed by atoms with Crippen LogP contribution in [0.25, 0.3) is 0 Å². The SMILES string of the molecule is Cc1cnc(CNC(=O)c2ccc(C)c(C#CCO)c2)s1. The molecular weight excluding hydrogens is 284 g/mol. The second-order valence-corrected chi connectivity index (χ2v) is 5.86. The number of benzene rings is 1. The van der Waals surface area contributed by atoms with E-state index in [0.29, 0.717) is 12.1 Å². The number of carbonyl (C=O) groups is 1. The quantitative estimate of drug-likeness (QED) is 0.853. The van der Waals surface area contributed by atoms with Gasteiger partial charge in [0, 0.05) is 22.2 Å². The number of amides is 1. The molecule has 0 saturated heterocycles. The Labute approximate surface area is 127 Å². The molecule has 0 saturated carbocycles. The second kappa shape index (κ2) is 7.02. The van der Waals surface area contributed by atoms with E-state index in [9.17, 15) is 4.79 Å². The highest BCUT2D eigenvalue weighted by Gasteiger charge is 2.08. The predicted octanol–water partition coefficient (Wildman–Crippen LogP) is 2.03. The van der Waals surface area contributed by atoms with Gasteiger partial charge in [-0.3, -0.25) is 4.79 Å². The molecule has 1 amide bonds. The van der Waals surface area contributed by atoms with Gasteiger partial charge in [0.1, 0.15) is 11.6 Å². The maximum atomic E-state index is 12.1. The van der Waals surface area contributed by atoms with Crippen LogP contribution in [-0.2, 0) is 6.54 Å². The van der Waals surface area contributed by atoms with E-state index in [-0.39, 0.29) is 12.5 Å². The van der Waals surface area contributed by atoms with Gasteiger partial charge in [-0.25, -0.2) is 4.98 Å². The summed E-state index contributed by atoms with van der Waals surface area (Å²) in [5.41, 5.74) is 2.28. The minimum atomic E-state index is -0.195. The van der Waals surface area contributed by atoms with E-state index < -0.39 is 0 Å². The Bertz CT molecular complexity index is 711. The maximum absolute atomic E-state index is 12.1. The second-order valence-electron chi connectivity index (χ2n) is 4.54. The molecule has 0 bridgehead atoms. The van der Waals surface area contributed by atoms with Crippen LogP contribution in [0.3, 0.4) is 0 Å². The smallest absolute Gasteiger partial charge is 0.251 e. The molecule has 0 aliphatic heterocycles. The van der Waals surface area contributed by atoms with Crippen LogP contribution in [0.15, 0.2) is 24.4 Å². The van der Waals surface area contributed by atoms with E-state index in [0.717, 1.165) is 21.0 Å². The van der Waals surface area contributed by atoms with E-state index in [1.165, 1.54) is 0 Å². The minimum Gasteiger partial charge on any atom is -0.384 e. The lowest BCUT2D eigenvalue weighted by Gasteiger charge is -2.05. The van der Waals surface area contributed by atoms with Crippen molar-refractivity contribution in [2.45, 2.75) is 20.4 Å². The van der Waals surface area contributed by atoms with Crippen LogP contribution in [-0.4, -0.2) is 22.6 Å². The van der Waals surface area contributed by atoms with Crippen molar-refractivity contribution in [2.75, 3.05) is 6.61 Å². The summed E-state index contributed by atoms with van der Waals surface area (Å²) in [6, 6.07) is 5.35. The molecule has 108 valence electrons. The first kappa shape index (κ1) is 15.2. The first-order valence-electron chi connectivity index (χ1n) is 6.50. The van der Waals surface area contributed by atoms with Crippen LogP contribution in [0.4, 0.5) is 0 Å². The monoisotopic (exact) mass is 300 g/mol. The Morgan fingerprint density at radius 1 is 1.43 bits per heavy atom. The predicted molar refractivity (Wildman–Crippen MR) is 83.2 cm³/mol. The summed E-state index contributed by atoms with van der Waals surface area (Å²) in [5.74, 6) is 5.28. The van der Waals surface area contributed by atoms with Crippen LogP contribution in [0.2, 0.25) is 0 Å². The summed E-state index contributed by atoms with van der Waals surface area (Å²) < 4.78 is 0. The molecule has 1 heterocycles. The van der Waals surface area contributed by atoms with Gasteiger partial charge in [0.2, 0.25) is 0 Å². The summed E-state index contributed by atoms with van der Waals surface area (Å²) in [5, 5.41) is 12.5. The highest BCUT2D eigenvalue weighted by molar-refractivity contribution is 7.11. The number of nitrogens with zero attached hydrogens (tertiary/aromatic N) is 1. The Morgan fingerprint density at radius 2 is 2.24 bits per heavy atom. The zero-order chi connectivity index (χ0) is 15.2. The summed E-state index contributed by atoms with van der Waals surface area (Å²) in [7, 11) is 0. The molecule has 2 aromatic rings. The first-order chi connectivity index (χ1) is 10.1. The molecule has 2 N–H and O–H groups in total. The van der Waals surface area contributed by atoms with Crippen molar-refractivity contribution >= 4 is 17.2 Å². The standard InChI is InChI=1S/C16H16N2O2S/c1-11-5-6-14(8-13(11)4-3-7-19)16(20)18-10-15-17-9-12(2)21-15/h5-6,8-9,19H,7,10H2,1-2H3,(H,18,20). The van der Waals surface area contributed by atoms with Gasteiger partial charge in [-0.15, -0.1) is 11.3 Å². The van der Waals surface area contributed by atoms with Gasteiger partial charge in [-0.1, -0.05) is 17.9 Å². The fourth-order valence-electron chi connectivity index (χ4n) is 1.77. The molecule has 0 atom stereocenters. The normalized spacial score (nSPS) is 9.86. The average Bonchev–Trinajstić information content (AvgIpc) is 2.89. The lowest BCUT2D eigenvalue weighted by Crippen LogP contribution is -2.22. The number of thiazole rings is 1. The highest BCUT2D eigenvalue weighted by atomic mass is 32.1. The zero-order valence-corrected chi connectivity index (χ0v) is 12.8. The lowest BCUT2D eigenvalue weighted by atomic mass is 10.0. The topological polar surface area (TPSA) is 62.2 Å². The summed E-state index contributed by atoms with van der Waals surface area (Å²) in [4.78, 5) is 17.5. The van der Waals surface area contributed by atoms with Crippen LogP contribution in [0.1, 0.15) is 31.4 Å². The highest BCUT2D eigenvalue weighted by Crippen LogP contribution is 2.12. The van der Waals surface area contributed by atoms with Gasteiger partial charge < -0.3 is 10.4 Å². The van der Waals surface area contributed by atoms with Gasteiger partial charge >= 0.3 is 0 Å². The van der Waals surface area contributed by atoms with Crippen molar-refractivity contribution in [1.29, 1.82) is 0 Å². The van der Waals surface area contributed by atoms with Gasteiger partial charge in [-0.05, 0) is 31.5 Å². The van der Waals surface area contributed by atoms with E-state index in [1.807, 2.05) is 19.9 Å². The Hall–Kier alpha value is -2.16. The summed E-state index contributed by atoms with van der Waals surface area (Å²) >= 11 is 1.57. The molecule has 0 unspecified atom stereocenters. The molecule has 21 heavy (non-hydrogen) atoms. The van der Waals surface area contributed by atoms with Gasteiger partial charge in [0.25, 0.3) is 5.91 Å². The maximum Gasteiger partial charge on any atom is 0.251 e. The van der Waals surface area contributed by atoms with Crippen LogP contribution >= 0.6 is 11.3 Å². The number of aliphatic hydroxyl groups is 1. The molecule has 0 aliphatic rings. The number of rotatable bonds is 3. The number of nitrogens with one attached hydrogen (secondary N) is 1. The summed E-state index contributed by atoms with van der Waals surface area (Å²) in [6.07, 6.45) is 1.79. The third kappa shape index (κ3) is 4.15. The first-order valence-corrected chi connectivity index (χ1v) is 7.31. The van der Waals surface area contributed by atoms with Crippen molar-refractivity contribution < 1.29 is 9.90 Å². The van der Waals surface area contributed by atoms with Crippen LogP contribution in [0.5, 0.6) is 0 Å². The fraction of sp³-hybridized carbons (Fsp3) is 0.250. The Kier molecular flexibility index (Phi) is 5.09. The van der Waals surface area contributed by atoms with Crippen LogP contribution < -0.4 is 5.32 Å². The van der Waals surface area contributed by atoms with Gasteiger partial charge in [-0.2, -0.15) is 0 Å². The Morgan fingerprint density at radius 3 is 2.90 bits per heavy atom. The third-order valence-corrected chi connectivity index (χ3v) is 3.78. The number of carbonyl (C=O) groups excluding carboxylic acids is 1. The van der Waals surface area contributed by atoms with E-state index >= 15 is 0 Å². The number of aromatic nitrogens is 1. The molecule has 1 aromatic heterocycles. The van der Waals surface area contributed by atoms with Crippen molar-refractivity contribution in [3.05, 3.63) is 51.0 Å². The minimum absolute atomic E-state index is 0.157. The average molecular weight is 300 g/mol. The summed E-state index contributed by atoms with van der Waals surface area (Å²) in [6.45, 7) is 4.12. The molecule has 5 heteroatoms. The third-order valence-electron chi connectivity index (χ3n) is 2.87. The number of aryl methyl sites for hydroxylation is 2. The van der Waals surface area contributed by atoms with E-state index in [1.54, 1.807) is 29.7 Å². The van der Waals surface area contributed by atoms with Crippen molar-refractivity contribution in [3.8, 4) is 11.8 Å². The number of hydrogen-bond donors (Lipinski definition) is 2. The van der Waals surface area contributed by atoms with E-state index in [2.05, 4.69) is 22.1 Å². The van der Waals surface area contributed by atoms with E-state index in [4.69, 9.17) is 5.11 Å². The number of aliphatic hydroxyl groups excluding tert-OH is 1. The fourth-order valence-corrected chi connectivity index (χ4v) is 2.50. The lowest BCUT2D eigenvalue weighted by molar-refractivity contribution is 0.0951.